The van der Waals surface area contributed by atoms with Crippen molar-refractivity contribution in [1.29, 1.82) is 10.7 Å². The molecule has 1 N–H and O–H groups in total. The van der Waals surface area contributed by atoms with E-state index in [9.17, 15) is 9.59 Å². The minimum atomic E-state index is -1.22. The molecule has 0 bridgehead atoms. The van der Waals surface area contributed by atoms with Gasteiger partial charge in [-0.25, -0.2) is 9.78 Å². The van der Waals surface area contributed by atoms with Crippen LogP contribution >= 0.6 is 0 Å². The second-order valence-electron chi connectivity index (χ2n) is 6.23. The van der Waals surface area contributed by atoms with Crippen LogP contribution in [-0.4, -0.2) is 29.1 Å². The Bertz CT molecular complexity index is 1100. The lowest BCUT2D eigenvalue weighted by atomic mass is 10.0. The molecule has 0 aliphatic carbocycles. The molecule has 7 nitrogen and oxygen atoms in total. The highest BCUT2D eigenvalue weighted by molar-refractivity contribution is 6.06. The van der Waals surface area contributed by atoms with E-state index in [0.29, 0.717) is 11.3 Å². The maximum Gasteiger partial charge on any atom is 0.339 e. The Hall–Kier alpha value is -4.05. The van der Waals surface area contributed by atoms with Crippen molar-refractivity contribution in [2.75, 3.05) is 6.61 Å². The first-order valence-electron chi connectivity index (χ1n) is 8.76. The van der Waals surface area contributed by atoms with Crippen LogP contribution in [0.2, 0.25) is 0 Å². The molecule has 144 valence electrons. The Kier molecular flexibility index (Phi) is 5.95. The number of oxazole rings is 1. The lowest BCUT2D eigenvalue weighted by Crippen LogP contribution is -2.25. The smallest absolute Gasteiger partial charge is 0.339 e. The molecule has 0 aliphatic heterocycles. The van der Waals surface area contributed by atoms with Crippen molar-refractivity contribution >= 4 is 17.5 Å². The summed E-state index contributed by atoms with van der Waals surface area (Å²) in [5.41, 5.74) is 1.36. The fraction of sp³-hybridized carbons (Fsp3) is 0.136. The van der Waals surface area contributed by atoms with Gasteiger partial charge in [0.1, 0.15) is 5.92 Å². The number of esters is 1. The predicted octanol–water partition coefficient (Wildman–Crippen LogP) is 3.91. The van der Waals surface area contributed by atoms with Crippen LogP contribution in [-0.2, 0) is 9.53 Å². The number of ketones is 1. The molecular weight excluding hydrogens is 370 g/mol. The van der Waals surface area contributed by atoms with E-state index in [0.717, 1.165) is 5.56 Å². The van der Waals surface area contributed by atoms with Crippen LogP contribution in [0.5, 0.6) is 0 Å². The molecule has 0 fully saturated rings. The molecule has 0 saturated heterocycles. The summed E-state index contributed by atoms with van der Waals surface area (Å²) in [6.07, 6.45) is 1.57. The van der Waals surface area contributed by atoms with Crippen LogP contribution in [0.3, 0.4) is 0 Å². The van der Waals surface area contributed by atoms with Gasteiger partial charge >= 0.3 is 5.97 Å². The summed E-state index contributed by atoms with van der Waals surface area (Å²) in [7, 11) is 0. The normalized spacial score (nSPS) is 11.3. The van der Waals surface area contributed by atoms with Gasteiger partial charge in [-0.1, -0.05) is 42.5 Å². The van der Waals surface area contributed by atoms with Gasteiger partial charge in [0, 0.05) is 11.3 Å². The van der Waals surface area contributed by atoms with Crippen LogP contribution in [0.1, 0.15) is 17.3 Å². The van der Waals surface area contributed by atoms with E-state index < -0.39 is 24.3 Å². The number of hydrogen-bond donors (Lipinski definition) is 1. The maximum absolute atomic E-state index is 12.5. The molecule has 1 heterocycles. The molecule has 0 spiro atoms. The van der Waals surface area contributed by atoms with E-state index in [1.54, 1.807) is 30.5 Å². The van der Waals surface area contributed by atoms with Crippen molar-refractivity contribution in [1.82, 2.24) is 4.98 Å². The Balaban J connectivity index is 1.80. The van der Waals surface area contributed by atoms with E-state index in [4.69, 9.17) is 19.8 Å². The highest BCUT2D eigenvalue weighted by atomic mass is 16.5. The first-order chi connectivity index (χ1) is 14.0. The van der Waals surface area contributed by atoms with Crippen molar-refractivity contribution in [3.63, 3.8) is 0 Å². The highest BCUT2D eigenvalue weighted by Gasteiger charge is 2.23. The maximum atomic E-state index is 12.5. The molecule has 0 saturated carbocycles. The largest absolute Gasteiger partial charge is 0.454 e. The molecule has 0 aliphatic rings. The van der Waals surface area contributed by atoms with Crippen LogP contribution in [0, 0.1) is 22.7 Å². The first kappa shape index (κ1) is 19.7. The lowest BCUT2D eigenvalue weighted by Gasteiger charge is -2.09. The third-order valence-corrected chi connectivity index (χ3v) is 4.17. The molecule has 3 rings (SSSR count). The van der Waals surface area contributed by atoms with Crippen molar-refractivity contribution in [2.45, 2.75) is 6.92 Å². The summed E-state index contributed by atoms with van der Waals surface area (Å²) in [5.74, 6) is -1.82. The summed E-state index contributed by atoms with van der Waals surface area (Å²) in [6, 6.07) is 17.7. The summed E-state index contributed by atoms with van der Waals surface area (Å²) in [6.45, 7) is 0.762. The van der Waals surface area contributed by atoms with Gasteiger partial charge in [0.2, 0.25) is 5.89 Å². The van der Waals surface area contributed by atoms with E-state index in [-0.39, 0.29) is 17.2 Å². The zero-order valence-corrected chi connectivity index (χ0v) is 15.6. The molecule has 7 heteroatoms. The SMILES string of the molecule is CC(=N)C(C#N)C(=O)COC(=O)c1ccccc1-c1ncc(-c2ccccc2)o1. The van der Waals surface area contributed by atoms with Crippen LogP contribution in [0.25, 0.3) is 22.8 Å². The van der Waals surface area contributed by atoms with Gasteiger partial charge in [-0.2, -0.15) is 5.26 Å². The van der Waals surface area contributed by atoms with Crippen LogP contribution < -0.4 is 0 Å². The number of ether oxygens (including phenoxy) is 1. The molecule has 29 heavy (non-hydrogen) atoms. The van der Waals surface area contributed by atoms with Crippen molar-refractivity contribution < 1.29 is 18.7 Å². The Morgan fingerprint density at radius 2 is 1.86 bits per heavy atom. The number of carbonyl (C=O) groups is 2. The topological polar surface area (TPSA) is 117 Å². The number of benzene rings is 2. The van der Waals surface area contributed by atoms with Gasteiger partial charge in [-0.15, -0.1) is 0 Å². The molecule has 0 radical (unpaired) electrons. The zero-order valence-electron chi connectivity index (χ0n) is 15.6. The standard InChI is InChI=1S/C22H17N3O4/c1-14(24)18(11-23)19(26)13-28-22(27)17-10-6-5-9-16(17)21-25-12-20(29-21)15-7-3-2-4-8-15/h2-10,12,18,24H,13H2,1H3. The van der Waals surface area contributed by atoms with Gasteiger partial charge in [-0.05, 0) is 19.1 Å². The zero-order chi connectivity index (χ0) is 20.8. The molecule has 1 aromatic heterocycles. The van der Waals surface area contributed by atoms with E-state index in [1.165, 1.54) is 13.0 Å². The van der Waals surface area contributed by atoms with Gasteiger partial charge in [0.25, 0.3) is 0 Å². The number of nitrogens with one attached hydrogen (secondary N) is 1. The van der Waals surface area contributed by atoms with E-state index in [1.807, 2.05) is 30.3 Å². The summed E-state index contributed by atoms with van der Waals surface area (Å²) in [4.78, 5) is 28.8. The first-order valence-corrected chi connectivity index (χ1v) is 8.76. The summed E-state index contributed by atoms with van der Waals surface area (Å²) < 4.78 is 10.9. The van der Waals surface area contributed by atoms with Gasteiger partial charge in [-0.3, -0.25) is 4.79 Å². The number of aromatic nitrogens is 1. The van der Waals surface area contributed by atoms with Crippen LogP contribution in [0.4, 0.5) is 0 Å². The summed E-state index contributed by atoms with van der Waals surface area (Å²) >= 11 is 0. The Morgan fingerprint density at radius 3 is 2.55 bits per heavy atom. The second-order valence-corrected chi connectivity index (χ2v) is 6.23. The second kappa shape index (κ2) is 8.76. The average molecular weight is 387 g/mol. The molecule has 3 aromatic rings. The Morgan fingerprint density at radius 1 is 1.17 bits per heavy atom. The quantitative estimate of drug-likeness (QED) is 0.485. The predicted molar refractivity (Wildman–Crippen MR) is 105 cm³/mol. The number of hydrogen-bond acceptors (Lipinski definition) is 7. The highest BCUT2D eigenvalue weighted by Crippen LogP contribution is 2.28. The van der Waals surface area contributed by atoms with Crippen LogP contribution in [0.15, 0.2) is 65.2 Å². The third-order valence-electron chi connectivity index (χ3n) is 4.17. The number of rotatable bonds is 7. The monoisotopic (exact) mass is 387 g/mol. The molecule has 2 aromatic carbocycles. The minimum Gasteiger partial charge on any atom is -0.454 e. The number of nitrogens with zero attached hydrogens (tertiary/aromatic N) is 2. The lowest BCUT2D eigenvalue weighted by molar-refractivity contribution is -0.122. The fourth-order valence-corrected chi connectivity index (χ4v) is 2.69. The minimum absolute atomic E-state index is 0.0952. The van der Waals surface area contributed by atoms with Crippen molar-refractivity contribution in [3.05, 3.63) is 66.4 Å². The fourth-order valence-electron chi connectivity index (χ4n) is 2.69. The van der Waals surface area contributed by atoms with Gasteiger partial charge in [0.15, 0.2) is 18.2 Å². The number of carbonyl (C=O) groups excluding carboxylic acids is 2. The van der Waals surface area contributed by atoms with E-state index >= 15 is 0 Å². The van der Waals surface area contributed by atoms with Gasteiger partial charge < -0.3 is 14.6 Å². The molecule has 1 unspecified atom stereocenters. The summed E-state index contributed by atoms with van der Waals surface area (Å²) in [5, 5.41) is 16.4. The van der Waals surface area contributed by atoms with Crippen molar-refractivity contribution in [2.24, 2.45) is 5.92 Å². The molecular formula is C22H17N3O4. The van der Waals surface area contributed by atoms with Gasteiger partial charge in [0.05, 0.1) is 23.4 Å². The van der Waals surface area contributed by atoms with E-state index in [2.05, 4.69) is 4.98 Å². The van der Waals surface area contributed by atoms with Crippen molar-refractivity contribution in [3.8, 4) is 28.8 Å². The average Bonchev–Trinajstić information content (AvgIpc) is 3.23. The number of nitriles is 1. The Labute approximate surface area is 167 Å². The molecule has 0 amide bonds. The third kappa shape index (κ3) is 4.45. The molecule has 1 atom stereocenters. The number of Topliss-reactive ketones (excluding diaryl/α,β-unsaturated/α-hetero) is 1.